The third-order valence-corrected chi connectivity index (χ3v) is 7.23. The van der Waals surface area contributed by atoms with Gasteiger partial charge in [0.1, 0.15) is 0 Å². The first kappa shape index (κ1) is 23.8. The van der Waals surface area contributed by atoms with Gasteiger partial charge in [0.15, 0.2) is 0 Å². The van der Waals surface area contributed by atoms with Crippen molar-refractivity contribution >= 4 is 17.6 Å². The van der Waals surface area contributed by atoms with E-state index in [-0.39, 0.29) is 29.5 Å². The topological polar surface area (TPSA) is 73.9 Å². The summed E-state index contributed by atoms with van der Waals surface area (Å²) in [6.45, 7) is 7.32. The van der Waals surface area contributed by atoms with Crippen molar-refractivity contribution < 1.29 is 27.5 Å². The lowest BCUT2D eigenvalue weighted by Crippen LogP contribution is -2.44. The Labute approximate surface area is 191 Å². The van der Waals surface area contributed by atoms with Crippen molar-refractivity contribution in [2.45, 2.75) is 32.0 Å². The lowest BCUT2D eigenvalue weighted by atomic mass is 9.88. The van der Waals surface area contributed by atoms with Crippen LogP contribution < -0.4 is 10.6 Å². The molecule has 0 spiro atoms. The van der Waals surface area contributed by atoms with Gasteiger partial charge in [-0.15, -0.1) is 0 Å². The van der Waals surface area contributed by atoms with E-state index in [0.717, 1.165) is 51.4 Å². The number of carbonyl (C=O) groups excluding carboxylic acids is 2. The second-order valence-electron chi connectivity index (χ2n) is 9.27. The molecule has 182 valence electrons. The Bertz CT molecular complexity index is 860. The van der Waals surface area contributed by atoms with Crippen molar-refractivity contribution in [2.24, 2.45) is 17.8 Å². The SMILES string of the molecule is C[C@H]1C[C@@H]2[C@@H](CC(=O)N2CCN2CCOCC2)[C@@H]1CNC(=O)Nc1cccc(C(F)(F)F)c1. The molecule has 2 aliphatic heterocycles. The molecule has 0 radical (unpaired) electrons. The maximum atomic E-state index is 12.9. The van der Waals surface area contributed by atoms with Gasteiger partial charge in [0.2, 0.25) is 5.91 Å². The molecule has 2 saturated heterocycles. The van der Waals surface area contributed by atoms with E-state index in [1.54, 1.807) is 0 Å². The summed E-state index contributed by atoms with van der Waals surface area (Å²) in [6.07, 6.45) is -3.08. The molecular weight excluding hydrogens is 437 g/mol. The molecule has 2 heterocycles. The molecule has 3 fully saturated rings. The van der Waals surface area contributed by atoms with Crippen LogP contribution >= 0.6 is 0 Å². The number of likely N-dealkylation sites (tertiary alicyclic amines) is 1. The summed E-state index contributed by atoms with van der Waals surface area (Å²) in [6, 6.07) is 4.20. The zero-order chi connectivity index (χ0) is 23.6. The molecule has 0 bridgehead atoms. The fourth-order valence-electron chi connectivity index (χ4n) is 5.46. The number of urea groups is 1. The summed E-state index contributed by atoms with van der Waals surface area (Å²) < 4.78 is 44.0. The highest BCUT2D eigenvalue weighted by Crippen LogP contribution is 2.45. The van der Waals surface area contributed by atoms with Crippen molar-refractivity contribution in [1.82, 2.24) is 15.1 Å². The normalized spacial score (nSPS) is 28.1. The van der Waals surface area contributed by atoms with Gasteiger partial charge >= 0.3 is 12.2 Å². The molecular formula is C23H31F3N4O3. The summed E-state index contributed by atoms with van der Waals surface area (Å²) in [4.78, 5) is 29.4. The molecule has 1 aromatic carbocycles. The molecule has 0 unspecified atom stereocenters. The summed E-state index contributed by atoms with van der Waals surface area (Å²) >= 11 is 0. The van der Waals surface area contributed by atoms with Crippen LogP contribution in [-0.4, -0.2) is 73.7 Å². The molecule has 1 saturated carbocycles. The van der Waals surface area contributed by atoms with Crippen LogP contribution in [0.15, 0.2) is 24.3 Å². The largest absolute Gasteiger partial charge is 0.416 e. The fraction of sp³-hybridized carbons (Fsp3) is 0.652. The Morgan fingerprint density at radius 3 is 2.70 bits per heavy atom. The predicted octanol–water partition coefficient (Wildman–Crippen LogP) is 3.03. The zero-order valence-electron chi connectivity index (χ0n) is 18.7. The van der Waals surface area contributed by atoms with Gasteiger partial charge in [-0.1, -0.05) is 13.0 Å². The molecule has 0 aromatic heterocycles. The van der Waals surface area contributed by atoms with Crippen LogP contribution in [0.4, 0.5) is 23.7 Å². The number of alkyl halides is 3. The highest BCUT2D eigenvalue weighted by Gasteiger charge is 2.50. The first-order chi connectivity index (χ1) is 15.7. The lowest BCUT2D eigenvalue weighted by molar-refractivity contribution is -0.137. The highest BCUT2D eigenvalue weighted by atomic mass is 19.4. The van der Waals surface area contributed by atoms with Crippen LogP contribution in [0.1, 0.15) is 25.3 Å². The first-order valence-corrected chi connectivity index (χ1v) is 11.5. The Morgan fingerprint density at radius 2 is 1.97 bits per heavy atom. The Kier molecular flexibility index (Phi) is 7.13. The number of benzene rings is 1. The highest BCUT2D eigenvalue weighted by molar-refractivity contribution is 5.89. The Hall–Kier alpha value is -2.33. The number of rotatable bonds is 6. The maximum absolute atomic E-state index is 12.9. The minimum Gasteiger partial charge on any atom is -0.379 e. The molecule has 2 N–H and O–H groups in total. The first-order valence-electron chi connectivity index (χ1n) is 11.5. The van der Waals surface area contributed by atoms with Gasteiger partial charge in [-0.25, -0.2) is 4.79 Å². The van der Waals surface area contributed by atoms with E-state index in [9.17, 15) is 22.8 Å². The van der Waals surface area contributed by atoms with Gasteiger partial charge < -0.3 is 20.3 Å². The van der Waals surface area contributed by atoms with Gasteiger partial charge in [-0.3, -0.25) is 9.69 Å². The van der Waals surface area contributed by atoms with Crippen LogP contribution in [0, 0.1) is 17.8 Å². The van der Waals surface area contributed by atoms with Crippen LogP contribution in [0.25, 0.3) is 0 Å². The standard InChI is InChI=1S/C23H31F3N4O3/c1-15-11-20-18(13-21(31)30(20)6-5-29-7-9-33-10-8-29)19(15)14-27-22(32)28-17-4-2-3-16(12-17)23(24,25)26/h2-4,12,15,18-20H,5-11,13-14H2,1H3,(H2,27,28,32)/t15-,18-,19+,20+/m0/s1. The predicted molar refractivity (Wildman–Crippen MR) is 117 cm³/mol. The lowest BCUT2D eigenvalue weighted by Gasteiger charge is -2.31. The summed E-state index contributed by atoms with van der Waals surface area (Å²) in [7, 11) is 0. The van der Waals surface area contributed by atoms with E-state index in [2.05, 4.69) is 22.5 Å². The number of hydrogen-bond acceptors (Lipinski definition) is 4. The number of hydrogen-bond donors (Lipinski definition) is 2. The molecule has 1 aromatic rings. The van der Waals surface area contributed by atoms with Crippen LogP contribution in [0.3, 0.4) is 0 Å². The molecule has 33 heavy (non-hydrogen) atoms. The monoisotopic (exact) mass is 468 g/mol. The van der Waals surface area contributed by atoms with E-state index in [1.165, 1.54) is 12.1 Å². The van der Waals surface area contributed by atoms with E-state index < -0.39 is 17.8 Å². The molecule has 3 amide bonds. The minimum atomic E-state index is -4.47. The Balaban J connectivity index is 1.29. The quantitative estimate of drug-likeness (QED) is 0.673. The van der Waals surface area contributed by atoms with Gasteiger partial charge in [0.05, 0.1) is 18.8 Å². The Morgan fingerprint density at radius 1 is 1.21 bits per heavy atom. The summed E-state index contributed by atoms with van der Waals surface area (Å²) in [5.74, 6) is 0.849. The van der Waals surface area contributed by atoms with E-state index in [0.29, 0.717) is 25.4 Å². The van der Waals surface area contributed by atoms with Gasteiger partial charge in [0, 0.05) is 50.9 Å². The molecule has 10 heteroatoms. The number of ether oxygens (including phenoxy) is 1. The third-order valence-electron chi connectivity index (χ3n) is 7.23. The van der Waals surface area contributed by atoms with Crippen molar-refractivity contribution in [3.05, 3.63) is 29.8 Å². The second-order valence-corrected chi connectivity index (χ2v) is 9.27. The van der Waals surface area contributed by atoms with Crippen molar-refractivity contribution in [3.63, 3.8) is 0 Å². The van der Waals surface area contributed by atoms with E-state index in [1.807, 2.05) is 4.90 Å². The number of amides is 3. The molecule has 4 atom stereocenters. The van der Waals surface area contributed by atoms with Crippen LogP contribution in [0.5, 0.6) is 0 Å². The molecule has 3 aliphatic rings. The van der Waals surface area contributed by atoms with E-state index in [4.69, 9.17) is 4.74 Å². The smallest absolute Gasteiger partial charge is 0.379 e. The van der Waals surface area contributed by atoms with Crippen LogP contribution in [-0.2, 0) is 15.7 Å². The van der Waals surface area contributed by atoms with Crippen molar-refractivity contribution in [2.75, 3.05) is 51.3 Å². The molecule has 4 rings (SSSR count). The van der Waals surface area contributed by atoms with Gasteiger partial charge in [-0.2, -0.15) is 13.2 Å². The average molecular weight is 469 g/mol. The van der Waals surface area contributed by atoms with Crippen molar-refractivity contribution in [3.8, 4) is 0 Å². The number of carbonyl (C=O) groups is 2. The third kappa shape index (κ3) is 5.60. The summed E-state index contributed by atoms with van der Waals surface area (Å²) in [5, 5.41) is 5.29. The number of morpholine rings is 1. The second kappa shape index (κ2) is 9.89. The van der Waals surface area contributed by atoms with Gasteiger partial charge in [-0.05, 0) is 42.4 Å². The van der Waals surface area contributed by atoms with Crippen molar-refractivity contribution in [1.29, 1.82) is 0 Å². The number of halogens is 3. The average Bonchev–Trinajstić information content (AvgIpc) is 3.23. The minimum absolute atomic E-state index is 0.0880. The maximum Gasteiger partial charge on any atom is 0.416 e. The molecule has 1 aliphatic carbocycles. The number of fused-ring (bicyclic) bond motifs is 1. The van der Waals surface area contributed by atoms with Crippen LogP contribution in [0.2, 0.25) is 0 Å². The summed E-state index contributed by atoms with van der Waals surface area (Å²) in [5.41, 5.74) is -0.723. The zero-order valence-corrected chi connectivity index (χ0v) is 18.7. The number of nitrogens with one attached hydrogen (secondary N) is 2. The molecule has 7 nitrogen and oxygen atoms in total. The number of nitrogens with zero attached hydrogens (tertiary/aromatic N) is 2. The fourth-order valence-corrected chi connectivity index (χ4v) is 5.46. The van der Waals surface area contributed by atoms with Gasteiger partial charge in [0.25, 0.3) is 0 Å². The number of anilines is 1. The van der Waals surface area contributed by atoms with E-state index >= 15 is 0 Å².